The molecule has 0 aliphatic rings. The Balaban J connectivity index is -0.000000125. The van der Waals surface area contributed by atoms with Crippen molar-refractivity contribution in [1.29, 1.82) is 0 Å². The molecule has 0 fully saturated rings. The zero-order chi connectivity index (χ0) is 5.15. The van der Waals surface area contributed by atoms with Crippen LogP contribution < -0.4 is 0 Å². The van der Waals surface area contributed by atoms with Crippen LogP contribution in [0.2, 0.25) is 0 Å². The molecule has 0 atom stereocenters. The average molecular weight is 618 g/mol. The molecule has 0 aromatic heterocycles. The van der Waals surface area contributed by atoms with Crippen LogP contribution in [0.3, 0.4) is 0 Å². The fourth-order valence-electron chi connectivity index (χ4n) is 0. The first-order valence-corrected chi connectivity index (χ1v) is 2.00. The van der Waals surface area contributed by atoms with Gasteiger partial charge in [0.15, 0.2) is 0 Å². The Hall–Kier alpha value is -2.46. The normalized spacial score (nSPS) is 5.88. The average Bonchev–Trinajstić information content (AvgIpc) is 1.36. The predicted molar refractivity (Wildman–Crippen MR) is 28.4 cm³/mol. The molecule has 0 aromatic rings. The van der Waals surface area contributed by atoms with E-state index >= 15 is 0 Å². The van der Waals surface area contributed by atoms with Gasteiger partial charge in [0.25, 0.3) is 0 Å². The van der Waals surface area contributed by atoms with E-state index in [1.54, 1.807) is 6.92 Å². The Bertz CT molecular complexity index is 60.5. The smallest absolute Gasteiger partial charge is 0 e. The summed E-state index contributed by atoms with van der Waals surface area (Å²) in [6.45, 7) is 5.65. The van der Waals surface area contributed by atoms with Gasteiger partial charge in [-0.15, -0.1) is 0 Å². The fraction of sp³-hybridized carbons (Fsp3) is 0.600. The minimum Gasteiger partial charge on any atom is -0.702 e. The van der Waals surface area contributed by atoms with Gasteiger partial charge in [0.2, 0.25) is 0 Å². The molecule has 0 amide bonds. The second kappa shape index (κ2) is 4.54. The van der Waals surface area contributed by atoms with Crippen molar-refractivity contribution in [3.05, 3.63) is 17.0 Å². The monoisotopic (exact) mass is 618 g/mol. The number of rotatable bonds is 0. The van der Waals surface area contributed by atoms with E-state index in [9.17, 15) is 0 Å². The molecule has 40 valence electrons. The van der Waals surface area contributed by atoms with Crippen LogP contribution in [-0.2, 0) is 0 Å². The summed E-state index contributed by atoms with van der Waals surface area (Å²) in [6.07, 6.45) is 0. The van der Waals surface area contributed by atoms with Crippen molar-refractivity contribution in [2.24, 2.45) is 0 Å². The van der Waals surface area contributed by atoms with E-state index in [2.05, 4.69) is 0 Å². The molecule has 0 radical (unpaired) electrons. The van der Waals surface area contributed by atoms with E-state index in [4.69, 9.17) is 5.73 Å². The van der Waals surface area contributed by atoms with Gasteiger partial charge in [0.1, 0.15) is 0 Å². The van der Waals surface area contributed by atoms with Gasteiger partial charge >= 0.3 is 0 Å². The second-order valence-electron chi connectivity index (χ2n) is 1.62. The summed E-state index contributed by atoms with van der Waals surface area (Å²) in [6, 6.07) is 0. The Morgan fingerprint density at radius 1 is 1.00 bits per heavy atom. The summed E-state index contributed by atoms with van der Waals surface area (Å²) in [5, 5.41) is 0. The van der Waals surface area contributed by atoms with Gasteiger partial charge in [-0.25, -0.2) is 0 Å². The van der Waals surface area contributed by atoms with Gasteiger partial charge in [0, 0.05) is 0 Å². The van der Waals surface area contributed by atoms with Crippen LogP contribution in [0.1, 0.15) is 20.8 Å². The van der Waals surface area contributed by atoms with Crippen LogP contribution in [0, 0.1) is 0 Å². The summed E-state index contributed by atoms with van der Waals surface area (Å²) in [4.78, 5) is 0. The zero-order valence-corrected chi connectivity index (χ0v) is 18.7. The Labute approximate surface area is 38.8 Å². The number of hydrogen-bond donors (Lipinski definition) is 0. The molecular weight excluding hydrogens is 608 g/mol. The largest absolute Gasteiger partial charge is 0.702 e. The molecule has 0 saturated heterocycles. The van der Waals surface area contributed by atoms with Crippen LogP contribution in [-0.4, -0.2) is 0 Å². The van der Waals surface area contributed by atoms with Gasteiger partial charge in [-0.3, -0.25) is 0 Å². The Kier molecular flexibility index (Phi) is 10.0. The molecule has 0 spiro atoms. The summed E-state index contributed by atoms with van der Waals surface area (Å²) >= 11 is 0. The van der Waals surface area contributed by atoms with Crippen molar-refractivity contribution in [1.82, 2.24) is 0 Å². The molecule has 0 bridgehead atoms. The predicted octanol–water partition coefficient (Wildman–Crippen LogP) is 2.35. The topological polar surface area (TPSA) is 23.8 Å². The molecule has 3 heteroatoms. The van der Waals surface area contributed by atoms with Gasteiger partial charge in [0.05, 0.1) is 0 Å². The molecule has 1 nitrogen and oxygen atoms in total. The molecule has 0 saturated carbocycles. The third-order valence-corrected chi connectivity index (χ3v) is 0.750. The van der Waals surface area contributed by atoms with Crippen LogP contribution in [0.15, 0.2) is 11.3 Å². The molecule has 0 heterocycles. The van der Waals surface area contributed by atoms with Gasteiger partial charge in [-0.2, -0.15) is 5.70 Å². The summed E-state index contributed by atoms with van der Waals surface area (Å²) in [5.74, 6) is 0. The van der Waals surface area contributed by atoms with E-state index in [-0.39, 0.29) is 0 Å². The van der Waals surface area contributed by atoms with Crippen LogP contribution in [0.5, 0.6) is 0 Å². The molecule has 1 N–H and O–H groups in total. The van der Waals surface area contributed by atoms with Crippen molar-refractivity contribution < 1.29 is 0 Å². The van der Waals surface area contributed by atoms with Crippen molar-refractivity contribution in [2.45, 2.75) is 20.8 Å². The van der Waals surface area contributed by atoms with Crippen molar-refractivity contribution in [3.63, 3.8) is 0 Å². The second-order valence-corrected chi connectivity index (χ2v) is 1.62. The molecule has 0 unspecified atom stereocenters. The molecule has 0 rings (SSSR count). The zero-order valence-electron chi connectivity index (χ0n) is 5.91. The maximum Gasteiger partial charge on any atom is 0 e. The fourth-order valence-corrected chi connectivity index (χ4v) is 0. The standard InChI is InChI=1S/C5H10N.2Rf/c1-4(2)5(3)6;;/h6H,1-3H3;;/q-1;;. The first-order chi connectivity index (χ1) is 2.64. The van der Waals surface area contributed by atoms with Crippen LogP contribution in [0.25, 0.3) is 5.73 Å². The molecule has 0 aliphatic heterocycles. The van der Waals surface area contributed by atoms with Crippen molar-refractivity contribution >= 4 is 0 Å². The van der Waals surface area contributed by atoms with E-state index in [1.807, 2.05) is 13.8 Å². The molecular formula is C5H10NRf2-. The number of nitrogens with one attached hydrogen (secondary N) is 1. The minimum atomic E-state index is 0. The first kappa shape index (κ1) is 17.7. The van der Waals surface area contributed by atoms with Crippen LogP contribution >= 0.6 is 0 Å². The number of hydrogen-bond acceptors (Lipinski definition) is 0. The molecule has 0 aliphatic carbocycles. The van der Waals surface area contributed by atoms with E-state index in [0.29, 0.717) is 5.70 Å². The molecule has 8 heavy (non-hydrogen) atoms. The van der Waals surface area contributed by atoms with Gasteiger partial charge in [-0.1, -0.05) is 12.5 Å². The SMILES string of the molecule is CC(C)=C(C)[NH-].[Rf].[Rf]. The maximum absolute atomic E-state index is 6.91. The summed E-state index contributed by atoms with van der Waals surface area (Å²) in [7, 11) is 0. The van der Waals surface area contributed by atoms with E-state index in [1.165, 1.54) is 0 Å². The van der Waals surface area contributed by atoms with E-state index < -0.39 is 0 Å². The van der Waals surface area contributed by atoms with Crippen molar-refractivity contribution in [2.75, 3.05) is 0 Å². The quantitative estimate of drug-likeness (QED) is 0.399. The third kappa shape index (κ3) is 9.63. The Morgan fingerprint density at radius 3 is 1.12 bits per heavy atom. The minimum absolute atomic E-state index is 0. The molecule has 0 aromatic carbocycles. The third-order valence-electron chi connectivity index (χ3n) is 0.750. The van der Waals surface area contributed by atoms with Crippen molar-refractivity contribution in [3.8, 4) is 0 Å². The van der Waals surface area contributed by atoms with Gasteiger partial charge in [-0.05, 0) is 13.8 Å². The number of allylic oxidation sites excluding steroid dienone is 2. The van der Waals surface area contributed by atoms with Crippen LogP contribution in [0.4, 0.5) is 0 Å². The summed E-state index contributed by atoms with van der Waals surface area (Å²) < 4.78 is 0. The first-order valence-electron chi connectivity index (χ1n) is 2.00. The van der Waals surface area contributed by atoms with E-state index in [0.717, 1.165) is 5.57 Å². The maximum atomic E-state index is 6.91. The van der Waals surface area contributed by atoms with Gasteiger partial charge < -0.3 is 5.73 Å². The Morgan fingerprint density at radius 2 is 1.12 bits per heavy atom. The summed E-state index contributed by atoms with van der Waals surface area (Å²) in [5.41, 5.74) is 8.68.